The predicted octanol–water partition coefficient (Wildman–Crippen LogP) is 5.64. The van der Waals surface area contributed by atoms with Crippen LogP contribution in [0, 0.1) is 5.41 Å². The summed E-state index contributed by atoms with van der Waals surface area (Å²) in [5.74, 6) is -2.15. The third-order valence-corrected chi connectivity index (χ3v) is 6.57. The summed E-state index contributed by atoms with van der Waals surface area (Å²) in [5, 5.41) is 21.3. The standard InChI is InChI=1S/C17H24N2O4.C15H17N3O2S/c1-11(20)18-14(9-15(21)22)16(23)19-13-7-5-12(6-8-13)10-17(2,3)4;1-2-6-13(19)12-10-21-15(17-12)18-14(20)16-9-11-7-4-3-5-8-11/h5-8,14H,9-10H2,1-4H3,(H,18,20)(H,19,23)(H,21,22);3-5,7-8,10H,2,6,9H2,1H3,(H2,16,17,18,20)/t14-;/m0./s1. The maximum absolute atomic E-state index is 12.1. The molecular formula is C32H41N5O6S. The van der Waals surface area contributed by atoms with E-state index in [0.717, 1.165) is 24.0 Å². The van der Waals surface area contributed by atoms with Gasteiger partial charge >= 0.3 is 12.0 Å². The number of hydrogen-bond acceptors (Lipinski definition) is 7. The number of aliphatic carboxylic acids is 1. The van der Waals surface area contributed by atoms with Gasteiger partial charge < -0.3 is 21.1 Å². The van der Waals surface area contributed by atoms with E-state index in [2.05, 4.69) is 47.0 Å². The van der Waals surface area contributed by atoms with Crippen LogP contribution >= 0.6 is 11.3 Å². The van der Waals surface area contributed by atoms with Crippen molar-refractivity contribution in [2.24, 2.45) is 5.41 Å². The molecule has 1 atom stereocenters. The summed E-state index contributed by atoms with van der Waals surface area (Å²) in [6.45, 7) is 10.1. The van der Waals surface area contributed by atoms with Crippen LogP contribution in [0.4, 0.5) is 15.6 Å². The molecule has 3 rings (SSSR count). The second kappa shape index (κ2) is 17.5. The van der Waals surface area contributed by atoms with Crippen LogP contribution in [0.1, 0.15) is 75.5 Å². The van der Waals surface area contributed by atoms with Crippen LogP contribution in [0.2, 0.25) is 0 Å². The fraction of sp³-hybridized carbons (Fsp3) is 0.375. The van der Waals surface area contributed by atoms with Crippen molar-refractivity contribution in [3.8, 4) is 0 Å². The molecule has 3 aromatic rings. The number of amides is 4. The number of carboxylic acids is 1. The van der Waals surface area contributed by atoms with Crippen molar-refractivity contribution in [3.63, 3.8) is 0 Å². The normalized spacial score (nSPS) is 11.3. The van der Waals surface area contributed by atoms with E-state index >= 15 is 0 Å². The monoisotopic (exact) mass is 623 g/mol. The first-order valence-corrected chi connectivity index (χ1v) is 15.1. The minimum atomic E-state index is -1.15. The quantitative estimate of drug-likeness (QED) is 0.163. The van der Waals surface area contributed by atoms with Gasteiger partial charge in [0.25, 0.3) is 0 Å². The van der Waals surface area contributed by atoms with Crippen molar-refractivity contribution in [2.75, 3.05) is 10.6 Å². The summed E-state index contributed by atoms with van der Waals surface area (Å²) in [4.78, 5) is 61.5. The fourth-order valence-electron chi connectivity index (χ4n) is 3.91. The topological polar surface area (TPSA) is 167 Å². The summed E-state index contributed by atoms with van der Waals surface area (Å²) in [6.07, 6.45) is 1.71. The van der Waals surface area contributed by atoms with Gasteiger partial charge in [-0.25, -0.2) is 9.78 Å². The number of rotatable bonds is 12. The van der Waals surface area contributed by atoms with E-state index in [-0.39, 0.29) is 17.2 Å². The molecular weight excluding hydrogens is 582 g/mol. The van der Waals surface area contributed by atoms with Crippen molar-refractivity contribution in [1.29, 1.82) is 0 Å². The highest BCUT2D eigenvalue weighted by Gasteiger charge is 2.22. The first-order chi connectivity index (χ1) is 20.8. The molecule has 11 nitrogen and oxygen atoms in total. The van der Waals surface area contributed by atoms with E-state index in [1.54, 1.807) is 17.5 Å². The lowest BCUT2D eigenvalue weighted by molar-refractivity contribution is -0.139. The Hall–Kier alpha value is -4.58. The van der Waals surface area contributed by atoms with E-state index < -0.39 is 30.2 Å². The largest absolute Gasteiger partial charge is 0.481 e. The summed E-state index contributed by atoms with van der Waals surface area (Å²) in [5.41, 5.74) is 3.32. The number of thiazole rings is 1. The molecule has 44 heavy (non-hydrogen) atoms. The van der Waals surface area contributed by atoms with Gasteiger partial charge in [0.05, 0.1) is 6.42 Å². The molecule has 0 saturated heterocycles. The van der Waals surface area contributed by atoms with Crippen molar-refractivity contribution < 1.29 is 29.1 Å². The summed E-state index contributed by atoms with van der Waals surface area (Å²) < 4.78 is 0. The lowest BCUT2D eigenvalue weighted by Crippen LogP contribution is -2.44. The molecule has 0 saturated carbocycles. The van der Waals surface area contributed by atoms with E-state index in [1.807, 2.05) is 49.4 Å². The number of carbonyl (C=O) groups is 5. The second-order valence-electron chi connectivity index (χ2n) is 11.3. The Balaban J connectivity index is 0.000000308. The van der Waals surface area contributed by atoms with Gasteiger partial charge in [-0.1, -0.05) is 70.2 Å². The van der Waals surface area contributed by atoms with Crippen molar-refractivity contribution in [3.05, 3.63) is 76.8 Å². The van der Waals surface area contributed by atoms with Crippen molar-refractivity contribution in [2.45, 2.75) is 72.9 Å². The van der Waals surface area contributed by atoms with Gasteiger partial charge in [-0.3, -0.25) is 24.5 Å². The van der Waals surface area contributed by atoms with Crippen LogP contribution < -0.4 is 21.3 Å². The minimum Gasteiger partial charge on any atom is -0.481 e. The molecule has 0 bridgehead atoms. The predicted molar refractivity (Wildman–Crippen MR) is 172 cm³/mol. The molecule has 5 N–H and O–H groups in total. The highest BCUT2D eigenvalue weighted by atomic mass is 32.1. The zero-order chi connectivity index (χ0) is 32.7. The van der Waals surface area contributed by atoms with Crippen LogP contribution in [-0.2, 0) is 27.3 Å². The Morgan fingerprint density at radius 3 is 2.16 bits per heavy atom. The molecule has 0 fully saturated rings. The molecule has 1 heterocycles. The average Bonchev–Trinajstić information content (AvgIpc) is 3.41. The zero-order valence-electron chi connectivity index (χ0n) is 25.7. The number of urea groups is 1. The molecule has 0 aliphatic rings. The molecule has 0 aliphatic carbocycles. The van der Waals surface area contributed by atoms with Gasteiger partial charge in [-0.2, -0.15) is 0 Å². The number of ketones is 1. The van der Waals surface area contributed by atoms with Crippen LogP contribution in [0.15, 0.2) is 60.0 Å². The number of nitrogens with one attached hydrogen (secondary N) is 4. The third kappa shape index (κ3) is 14.1. The van der Waals surface area contributed by atoms with Gasteiger partial charge in [-0.05, 0) is 41.5 Å². The van der Waals surface area contributed by atoms with Crippen LogP contribution in [0.5, 0.6) is 0 Å². The smallest absolute Gasteiger partial charge is 0.321 e. The summed E-state index contributed by atoms with van der Waals surface area (Å²) >= 11 is 1.25. The van der Waals surface area contributed by atoms with Crippen molar-refractivity contribution in [1.82, 2.24) is 15.6 Å². The number of anilines is 2. The Labute approximate surface area is 261 Å². The molecule has 0 aliphatic heterocycles. The summed E-state index contributed by atoms with van der Waals surface area (Å²) in [6, 6.07) is 15.6. The number of nitrogens with zero attached hydrogens (tertiary/aromatic N) is 1. The van der Waals surface area contributed by atoms with E-state index in [1.165, 1.54) is 18.3 Å². The van der Waals surface area contributed by atoms with Crippen LogP contribution in [0.3, 0.4) is 0 Å². The Kier molecular flexibility index (Phi) is 14.2. The lowest BCUT2D eigenvalue weighted by Gasteiger charge is -2.19. The molecule has 236 valence electrons. The molecule has 0 unspecified atom stereocenters. The van der Waals surface area contributed by atoms with E-state index in [9.17, 15) is 24.0 Å². The number of aromatic nitrogens is 1. The van der Waals surface area contributed by atoms with Crippen LogP contribution in [0.25, 0.3) is 0 Å². The lowest BCUT2D eigenvalue weighted by atomic mass is 9.88. The third-order valence-electron chi connectivity index (χ3n) is 5.81. The minimum absolute atomic E-state index is 0.00601. The average molecular weight is 624 g/mol. The number of carbonyl (C=O) groups excluding carboxylic acids is 4. The highest BCUT2D eigenvalue weighted by molar-refractivity contribution is 7.14. The van der Waals surface area contributed by atoms with Gasteiger partial charge in [0, 0.05) is 31.0 Å². The molecule has 0 radical (unpaired) electrons. The molecule has 4 amide bonds. The van der Waals surface area contributed by atoms with E-state index in [4.69, 9.17) is 5.11 Å². The number of carboxylic acid groups (broad SMARTS) is 1. The SMILES string of the molecule is CC(=O)N[C@@H](CC(=O)O)C(=O)Nc1ccc(CC(C)(C)C)cc1.CCCC(=O)c1csc(NC(=O)NCc2ccccc2)n1. The van der Waals surface area contributed by atoms with Gasteiger partial charge in [-0.15, -0.1) is 11.3 Å². The Morgan fingerprint density at radius 2 is 1.59 bits per heavy atom. The summed E-state index contributed by atoms with van der Waals surface area (Å²) in [7, 11) is 0. The van der Waals surface area contributed by atoms with Gasteiger partial charge in [0.15, 0.2) is 10.9 Å². The van der Waals surface area contributed by atoms with Crippen LogP contribution in [-0.4, -0.2) is 45.7 Å². The number of hydrogen-bond donors (Lipinski definition) is 5. The highest BCUT2D eigenvalue weighted by Crippen LogP contribution is 2.22. The molecule has 1 aromatic heterocycles. The second-order valence-corrected chi connectivity index (χ2v) is 12.1. The molecule has 2 aromatic carbocycles. The first-order valence-electron chi connectivity index (χ1n) is 14.2. The fourth-order valence-corrected chi connectivity index (χ4v) is 4.62. The Morgan fingerprint density at radius 1 is 0.932 bits per heavy atom. The van der Waals surface area contributed by atoms with Gasteiger partial charge in [0.2, 0.25) is 11.8 Å². The van der Waals surface area contributed by atoms with E-state index in [0.29, 0.717) is 29.5 Å². The molecule has 12 heteroatoms. The maximum atomic E-state index is 12.1. The zero-order valence-corrected chi connectivity index (χ0v) is 26.5. The Bertz CT molecular complexity index is 1380. The molecule has 0 spiro atoms. The van der Waals surface area contributed by atoms with Crippen molar-refractivity contribution >= 4 is 51.8 Å². The van der Waals surface area contributed by atoms with Gasteiger partial charge in [0.1, 0.15) is 11.7 Å². The maximum Gasteiger partial charge on any atom is 0.321 e. The number of benzene rings is 2. The first kappa shape index (κ1) is 35.6. The number of Topliss-reactive ketones (excluding diaryl/α,β-unsaturated/α-hetero) is 1.